The normalized spacial score (nSPS) is 19.0. The van der Waals surface area contributed by atoms with Crippen molar-refractivity contribution in [1.29, 1.82) is 0 Å². The van der Waals surface area contributed by atoms with E-state index in [1.807, 2.05) is 43.3 Å². The van der Waals surface area contributed by atoms with Crippen LogP contribution in [0.1, 0.15) is 18.5 Å². The summed E-state index contributed by atoms with van der Waals surface area (Å²) < 4.78 is 23.7. The van der Waals surface area contributed by atoms with Crippen molar-refractivity contribution >= 4 is 33.0 Å². The SMILES string of the molecule is C[C@H](NCC(=O)N(c1ccccc1)[C@@H]1C=CS(=O)(=O)C1)c1ccccc1Cl. The van der Waals surface area contributed by atoms with E-state index in [0.717, 1.165) is 5.56 Å². The van der Waals surface area contributed by atoms with Crippen molar-refractivity contribution in [2.75, 3.05) is 17.2 Å². The predicted molar refractivity (Wildman–Crippen MR) is 109 cm³/mol. The highest BCUT2D eigenvalue weighted by Crippen LogP contribution is 2.24. The second-order valence-corrected chi connectivity index (χ2v) is 8.79. The van der Waals surface area contributed by atoms with Crippen LogP contribution in [0.4, 0.5) is 5.69 Å². The molecule has 0 fully saturated rings. The van der Waals surface area contributed by atoms with Crippen molar-refractivity contribution in [1.82, 2.24) is 5.32 Å². The van der Waals surface area contributed by atoms with E-state index in [1.165, 1.54) is 10.3 Å². The van der Waals surface area contributed by atoms with Gasteiger partial charge in [0.05, 0.1) is 18.3 Å². The average Bonchev–Trinajstić information content (AvgIpc) is 3.00. The molecule has 2 atom stereocenters. The van der Waals surface area contributed by atoms with E-state index in [2.05, 4.69) is 5.32 Å². The molecule has 3 rings (SSSR count). The summed E-state index contributed by atoms with van der Waals surface area (Å²) in [4.78, 5) is 14.5. The number of hydrogen-bond donors (Lipinski definition) is 1. The summed E-state index contributed by atoms with van der Waals surface area (Å²) in [5, 5.41) is 5.00. The van der Waals surface area contributed by atoms with E-state index in [0.29, 0.717) is 10.7 Å². The van der Waals surface area contributed by atoms with Crippen LogP contribution >= 0.6 is 11.6 Å². The molecule has 0 aromatic heterocycles. The Kier molecular flexibility index (Phi) is 5.99. The molecule has 0 saturated heterocycles. The number of halogens is 1. The Balaban J connectivity index is 1.76. The van der Waals surface area contributed by atoms with Crippen molar-refractivity contribution < 1.29 is 13.2 Å². The first kappa shape index (κ1) is 19.6. The maximum Gasteiger partial charge on any atom is 0.241 e. The van der Waals surface area contributed by atoms with Gasteiger partial charge >= 0.3 is 0 Å². The Labute approximate surface area is 164 Å². The van der Waals surface area contributed by atoms with Crippen LogP contribution in [0.5, 0.6) is 0 Å². The lowest BCUT2D eigenvalue weighted by atomic mass is 10.1. The number of sulfone groups is 1. The molecule has 0 spiro atoms. The third-order valence-corrected chi connectivity index (χ3v) is 6.20. The summed E-state index contributed by atoms with van der Waals surface area (Å²) >= 11 is 6.22. The summed E-state index contributed by atoms with van der Waals surface area (Å²) in [5.41, 5.74) is 1.57. The van der Waals surface area contributed by atoms with Crippen LogP contribution in [0.2, 0.25) is 5.02 Å². The van der Waals surface area contributed by atoms with Gasteiger partial charge in [-0.2, -0.15) is 0 Å². The molecule has 0 unspecified atom stereocenters. The molecule has 1 aliphatic rings. The molecule has 0 radical (unpaired) electrons. The molecule has 1 heterocycles. The van der Waals surface area contributed by atoms with Gasteiger partial charge in [-0.1, -0.05) is 48.0 Å². The number of carbonyl (C=O) groups excluding carboxylic acids is 1. The lowest BCUT2D eigenvalue weighted by molar-refractivity contribution is -0.118. The quantitative estimate of drug-likeness (QED) is 0.801. The fourth-order valence-corrected chi connectivity index (χ4v) is 4.66. The molecule has 142 valence electrons. The van der Waals surface area contributed by atoms with Gasteiger partial charge in [-0.05, 0) is 36.8 Å². The summed E-state index contributed by atoms with van der Waals surface area (Å²) in [7, 11) is -3.27. The van der Waals surface area contributed by atoms with Crippen LogP contribution in [0.25, 0.3) is 0 Å². The molecule has 5 nitrogen and oxygen atoms in total. The van der Waals surface area contributed by atoms with Gasteiger partial charge in [0, 0.05) is 22.2 Å². The first-order valence-electron chi connectivity index (χ1n) is 8.63. The third kappa shape index (κ3) is 4.77. The van der Waals surface area contributed by atoms with Crippen LogP contribution in [0.3, 0.4) is 0 Å². The van der Waals surface area contributed by atoms with Crippen LogP contribution in [0.15, 0.2) is 66.1 Å². The average molecular weight is 405 g/mol. The van der Waals surface area contributed by atoms with Crippen LogP contribution in [0, 0.1) is 0 Å². The standard InChI is InChI=1S/C20H21ClN2O3S/c1-15(18-9-5-6-10-19(18)21)22-13-20(24)23(16-7-3-2-4-8-16)17-11-12-27(25,26)14-17/h2-12,15,17,22H,13-14H2,1H3/t15-,17+/m0/s1. The summed E-state index contributed by atoms with van der Waals surface area (Å²) in [6.07, 6.45) is 1.57. The zero-order valence-electron chi connectivity index (χ0n) is 14.9. The molecule has 1 amide bonds. The van der Waals surface area contributed by atoms with E-state index >= 15 is 0 Å². The molecule has 0 bridgehead atoms. The van der Waals surface area contributed by atoms with E-state index in [1.54, 1.807) is 24.3 Å². The van der Waals surface area contributed by atoms with Gasteiger partial charge in [0.1, 0.15) is 0 Å². The Morgan fingerprint density at radius 3 is 2.48 bits per heavy atom. The smallest absolute Gasteiger partial charge is 0.241 e. The van der Waals surface area contributed by atoms with E-state index in [-0.39, 0.29) is 24.2 Å². The highest BCUT2D eigenvalue weighted by atomic mass is 35.5. The number of amides is 1. The number of benzene rings is 2. The maximum absolute atomic E-state index is 13.0. The highest BCUT2D eigenvalue weighted by molar-refractivity contribution is 7.94. The van der Waals surface area contributed by atoms with Gasteiger partial charge < -0.3 is 10.2 Å². The van der Waals surface area contributed by atoms with Crippen molar-refractivity contribution in [3.05, 3.63) is 76.7 Å². The minimum absolute atomic E-state index is 0.0612. The largest absolute Gasteiger partial charge is 0.303 e. The lowest BCUT2D eigenvalue weighted by Crippen LogP contribution is -2.45. The molecule has 2 aromatic rings. The van der Waals surface area contributed by atoms with E-state index in [9.17, 15) is 13.2 Å². The second kappa shape index (κ2) is 8.25. The topological polar surface area (TPSA) is 66.5 Å². The number of hydrogen-bond acceptors (Lipinski definition) is 4. The van der Waals surface area contributed by atoms with Crippen LogP contribution < -0.4 is 10.2 Å². The molecule has 27 heavy (non-hydrogen) atoms. The maximum atomic E-state index is 13.0. The van der Waals surface area contributed by atoms with Crippen LogP contribution in [-0.2, 0) is 14.6 Å². The molecule has 0 saturated carbocycles. The Morgan fingerprint density at radius 1 is 1.19 bits per heavy atom. The highest BCUT2D eigenvalue weighted by Gasteiger charge is 2.31. The fourth-order valence-electron chi connectivity index (χ4n) is 3.09. The molecule has 0 aliphatic carbocycles. The number of nitrogens with one attached hydrogen (secondary N) is 1. The van der Waals surface area contributed by atoms with Crippen molar-refractivity contribution in [3.63, 3.8) is 0 Å². The predicted octanol–water partition coefficient (Wildman–Crippen LogP) is 3.33. The molecule has 1 N–H and O–H groups in total. The number of nitrogens with zero attached hydrogens (tertiary/aromatic N) is 1. The molecule has 1 aliphatic heterocycles. The summed E-state index contributed by atoms with van der Waals surface area (Å²) in [5.74, 6) is -0.305. The Bertz CT molecular complexity index is 945. The summed E-state index contributed by atoms with van der Waals surface area (Å²) in [6.45, 7) is 1.99. The Morgan fingerprint density at radius 2 is 1.85 bits per heavy atom. The minimum atomic E-state index is -3.27. The first-order valence-corrected chi connectivity index (χ1v) is 10.7. The fraction of sp³-hybridized carbons (Fsp3) is 0.250. The van der Waals surface area contributed by atoms with Crippen molar-refractivity contribution in [2.24, 2.45) is 0 Å². The van der Waals surface area contributed by atoms with E-state index in [4.69, 9.17) is 11.6 Å². The van der Waals surface area contributed by atoms with Gasteiger partial charge in [0.15, 0.2) is 9.84 Å². The van der Waals surface area contributed by atoms with Gasteiger partial charge in [-0.25, -0.2) is 8.42 Å². The van der Waals surface area contributed by atoms with E-state index < -0.39 is 15.9 Å². The first-order chi connectivity index (χ1) is 12.9. The van der Waals surface area contributed by atoms with Gasteiger partial charge in [-0.3, -0.25) is 4.79 Å². The third-order valence-electron chi connectivity index (χ3n) is 4.48. The number of carbonyl (C=O) groups is 1. The number of para-hydroxylation sites is 1. The molecule has 2 aromatic carbocycles. The zero-order chi connectivity index (χ0) is 19.4. The van der Waals surface area contributed by atoms with Crippen molar-refractivity contribution in [3.8, 4) is 0 Å². The summed E-state index contributed by atoms with van der Waals surface area (Å²) in [6, 6.07) is 15.9. The molecular formula is C20H21ClN2O3S. The molecule has 7 heteroatoms. The lowest BCUT2D eigenvalue weighted by Gasteiger charge is -2.28. The minimum Gasteiger partial charge on any atom is -0.303 e. The van der Waals surface area contributed by atoms with Gasteiger partial charge in [0.25, 0.3) is 0 Å². The number of rotatable bonds is 6. The van der Waals surface area contributed by atoms with Gasteiger partial charge in [-0.15, -0.1) is 0 Å². The zero-order valence-corrected chi connectivity index (χ0v) is 16.5. The van der Waals surface area contributed by atoms with Gasteiger partial charge in [0.2, 0.25) is 5.91 Å². The number of anilines is 1. The van der Waals surface area contributed by atoms with Crippen molar-refractivity contribution in [2.45, 2.75) is 19.0 Å². The van der Waals surface area contributed by atoms with Crippen LogP contribution in [-0.4, -0.2) is 32.7 Å². The monoisotopic (exact) mass is 404 g/mol. The Hall–Kier alpha value is -2.15. The second-order valence-electron chi connectivity index (χ2n) is 6.45. The molecular weight excluding hydrogens is 384 g/mol.